The molecule has 0 radical (unpaired) electrons. The van der Waals surface area contributed by atoms with Gasteiger partial charge in [0, 0.05) is 17.0 Å². The molecule has 0 N–H and O–H groups in total. The van der Waals surface area contributed by atoms with Gasteiger partial charge in [-0.2, -0.15) is 0 Å². The van der Waals surface area contributed by atoms with E-state index in [-0.39, 0.29) is 5.41 Å². The third-order valence-electron chi connectivity index (χ3n) is 3.52. The van der Waals surface area contributed by atoms with Crippen molar-refractivity contribution < 1.29 is 0 Å². The van der Waals surface area contributed by atoms with Crippen LogP contribution in [0.15, 0.2) is 18.2 Å². The number of nitrogens with zero attached hydrogens (tertiary/aromatic N) is 2. The van der Waals surface area contributed by atoms with Gasteiger partial charge in [-0.1, -0.05) is 32.4 Å². The van der Waals surface area contributed by atoms with Crippen molar-refractivity contribution >= 4 is 22.6 Å². The molecule has 0 spiro atoms. The van der Waals surface area contributed by atoms with Crippen LogP contribution in [0.1, 0.15) is 39.4 Å². The second-order valence-electron chi connectivity index (χ2n) is 6.37. The molecular weight excluding hydrogens is 244 g/mol. The number of hydrogen-bond donors (Lipinski definition) is 0. The Bertz CT molecular complexity index is 588. The zero-order chi connectivity index (χ0) is 12.9. The van der Waals surface area contributed by atoms with Crippen LogP contribution in [0.4, 0.5) is 0 Å². The normalized spacial score (nSPS) is 16.4. The van der Waals surface area contributed by atoms with Crippen LogP contribution < -0.4 is 0 Å². The van der Waals surface area contributed by atoms with E-state index in [0.717, 1.165) is 23.0 Å². The minimum atomic E-state index is 0.0698. The van der Waals surface area contributed by atoms with Crippen LogP contribution in [-0.4, -0.2) is 9.55 Å². The van der Waals surface area contributed by atoms with Gasteiger partial charge in [-0.3, -0.25) is 0 Å². The lowest BCUT2D eigenvalue weighted by atomic mass is 9.95. The van der Waals surface area contributed by atoms with E-state index < -0.39 is 0 Å². The number of halogens is 1. The number of fused-ring (bicyclic) bond motifs is 1. The molecule has 1 heterocycles. The molecule has 2 nitrogen and oxygen atoms in total. The lowest BCUT2D eigenvalue weighted by Gasteiger charge is -2.20. The number of rotatable bonds is 2. The molecule has 0 aliphatic heterocycles. The van der Waals surface area contributed by atoms with E-state index in [9.17, 15) is 0 Å². The van der Waals surface area contributed by atoms with Crippen molar-refractivity contribution in [2.45, 2.75) is 45.6 Å². The first-order valence-electron chi connectivity index (χ1n) is 6.61. The van der Waals surface area contributed by atoms with E-state index in [2.05, 4.69) is 31.4 Å². The minimum absolute atomic E-state index is 0.0698. The molecule has 0 amide bonds. The Labute approximate surface area is 113 Å². The minimum Gasteiger partial charge on any atom is -0.327 e. The van der Waals surface area contributed by atoms with Crippen LogP contribution in [0.3, 0.4) is 0 Å². The monoisotopic (exact) mass is 262 g/mol. The zero-order valence-electron chi connectivity index (χ0n) is 11.2. The standard InChI is InChI=1S/C15H19ClN2/c1-15(2,3)14-17-12-8-11(16)6-7-13(12)18(14)9-10-4-5-10/h6-8,10H,4-5,9H2,1-3H3. The maximum absolute atomic E-state index is 6.06. The summed E-state index contributed by atoms with van der Waals surface area (Å²) in [7, 11) is 0. The van der Waals surface area contributed by atoms with Gasteiger partial charge in [0.1, 0.15) is 5.82 Å². The van der Waals surface area contributed by atoms with E-state index >= 15 is 0 Å². The fourth-order valence-corrected chi connectivity index (χ4v) is 2.59. The zero-order valence-corrected chi connectivity index (χ0v) is 12.0. The van der Waals surface area contributed by atoms with Crippen molar-refractivity contribution in [3.63, 3.8) is 0 Å². The molecule has 0 atom stereocenters. The SMILES string of the molecule is CC(C)(C)c1nc2cc(Cl)ccc2n1CC1CC1. The Morgan fingerprint density at radius 2 is 2.06 bits per heavy atom. The molecule has 0 saturated heterocycles. The van der Waals surface area contributed by atoms with Crippen molar-refractivity contribution in [3.05, 3.63) is 29.0 Å². The molecule has 2 aromatic rings. The summed E-state index contributed by atoms with van der Waals surface area (Å²) < 4.78 is 2.39. The highest BCUT2D eigenvalue weighted by molar-refractivity contribution is 6.31. The molecule has 1 aliphatic rings. The van der Waals surface area contributed by atoms with Crippen LogP contribution in [0.25, 0.3) is 11.0 Å². The summed E-state index contributed by atoms with van der Waals surface area (Å²) in [5, 5.41) is 0.763. The summed E-state index contributed by atoms with van der Waals surface area (Å²) in [6.45, 7) is 7.77. The van der Waals surface area contributed by atoms with Crippen molar-refractivity contribution in [1.82, 2.24) is 9.55 Å². The van der Waals surface area contributed by atoms with Gasteiger partial charge in [-0.25, -0.2) is 4.98 Å². The second kappa shape index (κ2) is 3.99. The molecule has 1 aliphatic carbocycles. The molecule has 3 heteroatoms. The van der Waals surface area contributed by atoms with Crippen molar-refractivity contribution in [2.75, 3.05) is 0 Å². The Morgan fingerprint density at radius 1 is 1.33 bits per heavy atom. The van der Waals surface area contributed by atoms with Gasteiger partial charge in [-0.05, 0) is 37.0 Å². The Hall–Kier alpha value is -1.02. The number of imidazole rings is 1. The van der Waals surface area contributed by atoms with Crippen LogP contribution in [0.5, 0.6) is 0 Å². The lowest BCUT2D eigenvalue weighted by Crippen LogP contribution is -2.19. The first-order chi connectivity index (χ1) is 8.45. The molecule has 18 heavy (non-hydrogen) atoms. The van der Waals surface area contributed by atoms with Crippen molar-refractivity contribution in [3.8, 4) is 0 Å². The van der Waals surface area contributed by atoms with Gasteiger partial charge in [-0.15, -0.1) is 0 Å². The summed E-state index contributed by atoms with van der Waals surface area (Å²) in [6.07, 6.45) is 2.72. The molecule has 1 saturated carbocycles. The smallest absolute Gasteiger partial charge is 0.115 e. The Balaban J connectivity index is 2.19. The molecule has 0 bridgehead atoms. The van der Waals surface area contributed by atoms with E-state index in [4.69, 9.17) is 16.6 Å². The second-order valence-corrected chi connectivity index (χ2v) is 6.81. The largest absolute Gasteiger partial charge is 0.327 e. The number of hydrogen-bond acceptors (Lipinski definition) is 1. The highest BCUT2D eigenvalue weighted by Crippen LogP contribution is 2.35. The summed E-state index contributed by atoms with van der Waals surface area (Å²) in [6, 6.07) is 6.03. The third kappa shape index (κ3) is 2.14. The van der Waals surface area contributed by atoms with E-state index in [1.807, 2.05) is 12.1 Å². The van der Waals surface area contributed by atoms with Crippen LogP contribution in [-0.2, 0) is 12.0 Å². The maximum atomic E-state index is 6.06. The molecular formula is C15H19ClN2. The number of benzene rings is 1. The van der Waals surface area contributed by atoms with Crippen LogP contribution >= 0.6 is 11.6 Å². The topological polar surface area (TPSA) is 17.8 Å². The van der Waals surface area contributed by atoms with Gasteiger partial charge < -0.3 is 4.57 Å². The predicted octanol–water partition coefficient (Wildman–Crippen LogP) is 4.40. The first kappa shape index (κ1) is 12.0. The molecule has 1 aromatic carbocycles. The summed E-state index contributed by atoms with van der Waals surface area (Å²) in [5.41, 5.74) is 2.31. The molecule has 1 aromatic heterocycles. The van der Waals surface area contributed by atoms with E-state index in [1.54, 1.807) is 0 Å². The molecule has 3 rings (SSSR count). The maximum Gasteiger partial charge on any atom is 0.115 e. The predicted molar refractivity (Wildman–Crippen MR) is 76.2 cm³/mol. The third-order valence-corrected chi connectivity index (χ3v) is 3.75. The number of aromatic nitrogens is 2. The Kier molecular flexibility index (Phi) is 2.67. The summed E-state index contributed by atoms with van der Waals surface area (Å²) >= 11 is 6.06. The fourth-order valence-electron chi connectivity index (χ4n) is 2.42. The summed E-state index contributed by atoms with van der Waals surface area (Å²) in [5.74, 6) is 2.02. The highest BCUT2D eigenvalue weighted by atomic mass is 35.5. The van der Waals surface area contributed by atoms with Gasteiger partial charge in [0.15, 0.2) is 0 Å². The van der Waals surface area contributed by atoms with Crippen LogP contribution in [0, 0.1) is 5.92 Å². The van der Waals surface area contributed by atoms with Crippen molar-refractivity contribution in [2.24, 2.45) is 5.92 Å². The van der Waals surface area contributed by atoms with Gasteiger partial charge >= 0.3 is 0 Å². The molecule has 0 unspecified atom stereocenters. The average molecular weight is 263 g/mol. The lowest BCUT2D eigenvalue weighted by molar-refractivity contribution is 0.491. The first-order valence-corrected chi connectivity index (χ1v) is 6.99. The molecule has 1 fully saturated rings. The van der Waals surface area contributed by atoms with E-state index in [1.165, 1.54) is 24.2 Å². The van der Waals surface area contributed by atoms with E-state index in [0.29, 0.717) is 0 Å². The average Bonchev–Trinajstić information content (AvgIpc) is 2.99. The van der Waals surface area contributed by atoms with Gasteiger partial charge in [0.2, 0.25) is 0 Å². The molecule has 96 valence electrons. The Morgan fingerprint density at radius 3 is 2.67 bits per heavy atom. The highest BCUT2D eigenvalue weighted by Gasteiger charge is 2.28. The quantitative estimate of drug-likeness (QED) is 0.785. The van der Waals surface area contributed by atoms with Gasteiger partial charge in [0.25, 0.3) is 0 Å². The fraction of sp³-hybridized carbons (Fsp3) is 0.533. The van der Waals surface area contributed by atoms with Crippen molar-refractivity contribution in [1.29, 1.82) is 0 Å². The van der Waals surface area contributed by atoms with Crippen LogP contribution in [0.2, 0.25) is 5.02 Å². The summed E-state index contributed by atoms with van der Waals surface area (Å²) in [4.78, 5) is 4.80. The van der Waals surface area contributed by atoms with Gasteiger partial charge in [0.05, 0.1) is 11.0 Å².